The summed E-state index contributed by atoms with van der Waals surface area (Å²) < 4.78 is 0. The Balaban J connectivity index is 1.78. The molecule has 0 saturated carbocycles. The Kier molecular flexibility index (Phi) is 3.15. The van der Waals surface area contributed by atoms with Crippen molar-refractivity contribution in [3.8, 4) is 0 Å². The van der Waals surface area contributed by atoms with Gasteiger partial charge in [-0.05, 0) is 29.2 Å². The first-order chi connectivity index (χ1) is 9.36. The van der Waals surface area contributed by atoms with Crippen LogP contribution in [0.1, 0.15) is 16.7 Å². The van der Waals surface area contributed by atoms with Crippen molar-refractivity contribution >= 4 is 18.0 Å². The first-order valence-electron chi connectivity index (χ1n) is 6.49. The maximum absolute atomic E-state index is 4.57. The van der Waals surface area contributed by atoms with Gasteiger partial charge in [0.15, 0.2) is 0 Å². The first-order valence-corrected chi connectivity index (χ1v) is 6.49. The maximum atomic E-state index is 4.57. The van der Waals surface area contributed by atoms with Gasteiger partial charge in [-0.3, -0.25) is 5.01 Å². The number of hydrogen-bond donors (Lipinski definition) is 0. The van der Waals surface area contributed by atoms with E-state index in [0.29, 0.717) is 0 Å². The highest BCUT2D eigenvalue weighted by Gasteiger charge is 2.16. The normalized spacial score (nSPS) is 13.8. The Morgan fingerprint density at radius 1 is 1.00 bits per heavy atom. The number of hydrazone groups is 1. The molecule has 2 aromatic rings. The molecule has 1 aliphatic rings. The van der Waals surface area contributed by atoms with Crippen molar-refractivity contribution < 1.29 is 0 Å². The number of rotatable bonds is 3. The van der Waals surface area contributed by atoms with E-state index in [1.54, 1.807) is 0 Å². The molecular formula is C17H16N2. The molecule has 0 atom stereocenters. The zero-order chi connectivity index (χ0) is 13.1. The second-order valence-corrected chi connectivity index (χ2v) is 4.62. The lowest BCUT2D eigenvalue weighted by molar-refractivity contribution is 0.896. The highest BCUT2D eigenvalue weighted by Crippen LogP contribution is 2.27. The van der Waals surface area contributed by atoms with E-state index in [0.717, 1.165) is 24.1 Å². The lowest BCUT2D eigenvalue weighted by Gasteiger charge is -2.11. The predicted octanol–water partition coefficient (Wildman–Crippen LogP) is 3.73. The molecule has 0 spiro atoms. The van der Waals surface area contributed by atoms with Crippen molar-refractivity contribution in [2.45, 2.75) is 6.42 Å². The fourth-order valence-corrected chi connectivity index (χ4v) is 2.30. The van der Waals surface area contributed by atoms with Crippen LogP contribution in [-0.2, 0) is 6.42 Å². The van der Waals surface area contributed by atoms with Crippen LogP contribution in [0.2, 0.25) is 0 Å². The van der Waals surface area contributed by atoms with Gasteiger partial charge in [0, 0.05) is 6.54 Å². The fourth-order valence-electron chi connectivity index (χ4n) is 2.30. The van der Waals surface area contributed by atoms with Gasteiger partial charge in [0.1, 0.15) is 0 Å². The maximum Gasteiger partial charge on any atom is 0.0626 e. The number of nitrogens with zero attached hydrogens (tertiary/aromatic N) is 2. The van der Waals surface area contributed by atoms with E-state index < -0.39 is 0 Å². The molecule has 0 radical (unpaired) electrons. The molecule has 1 heterocycles. The highest BCUT2D eigenvalue weighted by atomic mass is 15.5. The van der Waals surface area contributed by atoms with Crippen LogP contribution >= 0.6 is 0 Å². The summed E-state index contributed by atoms with van der Waals surface area (Å²) in [7, 11) is 0. The second-order valence-electron chi connectivity index (χ2n) is 4.62. The fraction of sp³-hybridized carbons (Fsp3) is 0.118. The van der Waals surface area contributed by atoms with E-state index in [2.05, 4.69) is 53.1 Å². The summed E-state index contributed by atoms with van der Waals surface area (Å²) in [6.07, 6.45) is 4.83. The third kappa shape index (κ3) is 2.43. The molecular weight excluding hydrogens is 232 g/mol. The molecule has 19 heavy (non-hydrogen) atoms. The summed E-state index contributed by atoms with van der Waals surface area (Å²) in [5, 5.41) is 6.64. The molecule has 1 aliphatic heterocycles. The average Bonchev–Trinajstić information content (AvgIpc) is 2.89. The number of benzene rings is 2. The standard InChI is InChI=1S/C17H16N2/c1-2-14-7-9-15(10-8-14)13-18-19-12-11-16-5-3-4-6-17(16)19/h2-10,13H,1,11-12H2/b18-13+. The van der Waals surface area contributed by atoms with Crippen molar-refractivity contribution in [3.63, 3.8) is 0 Å². The van der Waals surface area contributed by atoms with Crippen LogP contribution in [0.4, 0.5) is 5.69 Å². The van der Waals surface area contributed by atoms with Gasteiger partial charge in [-0.25, -0.2) is 0 Å². The van der Waals surface area contributed by atoms with Crippen LogP contribution < -0.4 is 5.01 Å². The van der Waals surface area contributed by atoms with E-state index in [1.807, 2.05) is 24.4 Å². The van der Waals surface area contributed by atoms with Crippen LogP contribution in [0.15, 0.2) is 60.2 Å². The van der Waals surface area contributed by atoms with Crippen LogP contribution in [0, 0.1) is 0 Å². The molecule has 94 valence electrons. The summed E-state index contributed by atoms with van der Waals surface area (Å²) in [4.78, 5) is 0. The second kappa shape index (κ2) is 5.11. The molecule has 2 aromatic carbocycles. The van der Waals surface area contributed by atoms with Gasteiger partial charge in [0.2, 0.25) is 0 Å². The van der Waals surface area contributed by atoms with Gasteiger partial charge in [-0.15, -0.1) is 0 Å². The largest absolute Gasteiger partial charge is 0.265 e. The van der Waals surface area contributed by atoms with Crippen molar-refractivity contribution in [2.24, 2.45) is 5.10 Å². The van der Waals surface area contributed by atoms with Gasteiger partial charge in [-0.1, -0.05) is 55.1 Å². The minimum absolute atomic E-state index is 0.959. The zero-order valence-electron chi connectivity index (χ0n) is 10.8. The minimum atomic E-state index is 0.959. The van der Waals surface area contributed by atoms with Crippen molar-refractivity contribution in [2.75, 3.05) is 11.6 Å². The number of para-hydroxylation sites is 1. The van der Waals surface area contributed by atoms with Gasteiger partial charge >= 0.3 is 0 Å². The van der Waals surface area contributed by atoms with Crippen molar-refractivity contribution in [1.29, 1.82) is 0 Å². The van der Waals surface area contributed by atoms with Crippen molar-refractivity contribution in [3.05, 3.63) is 71.8 Å². The van der Waals surface area contributed by atoms with Gasteiger partial charge in [-0.2, -0.15) is 5.10 Å². The Morgan fingerprint density at radius 3 is 2.53 bits per heavy atom. The number of hydrogen-bond acceptors (Lipinski definition) is 2. The minimum Gasteiger partial charge on any atom is -0.265 e. The summed E-state index contributed by atoms with van der Waals surface area (Å²) >= 11 is 0. The lowest BCUT2D eigenvalue weighted by Crippen LogP contribution is -2.12. The third-order valence-corrected chi connectivity index (χ3v) is 3.38. The number of fused-ring (bicyclic) bond motifs is 1. The molecule has 0 unspecified atom stereocenters. The van der Waals surface area contributed by atoms with Gasteiger partial charge < -0.3 is 0 Å². The Hall–Kier alpha value is -2.35. The van der Waals surface area contributed by atoms with E-state index in [-0.39, 0.29) is 0 Å². The van der Waals surface area contributed by atoms with E-state index in [1.165, 1.54) is 11.3 Å². The average molecular weight is 248 g/mol. The van der Waals surface area contributed by atoms with Gasteiger partial charge in [0.25, 0.3) is 0 Å². The van der Waals surface area contributed by atoms with Crippen LogP contribution in [0.5, 0.6) is 0 Å². The molecule has 3 rings (SSSR count). The molecule has 0 saturated heterocycles. The van der Waals surface area contributed by atoms with Crippen LogP contribution in [-0.4, -0.2) is 12.8 Å². The predicted molar refractivity (Wildman–Crippen MR) is 81.6 cm³/mol. The summed E-state index contributed by atoms with van der Waals surface area (Å²) in [5.74, 6) is 0. The third-order valence-electron chi connectivity index (χ3n) is 3.38. The topological polar surface area (TPSA) is 15.6 Å². The molecule has 0 aliphatic carbocycles. The zero-order valence-corrected chi connectivity index (χ0v) is 10.8. The smallest absolute Gasteiger partial charge is 0.0626 e. The Labute approximate surface area is 113 Å². The Morgan fingerprint density at radius 2 is 1.74 bits per heavy atom. The summed E-state index contributed by atoms with van der Waals surface area (Å²) in [5.41, 5.74) is 4.83. The van der Waals surface area contributed by atoms with Crippen LogP contribution in [0.25, 0.3) is 6.08 Å². The molecule has 0 aromatic heterocycles. The molecule has 2 nitrogen and oxygen atoms in total. The quantitative estimate of drug-likeness (QED) is 0.756. The molecule has 0 amide bonds. The SMILES string of the molecule is C=Cc1ccc(/C=N/N2CCc3ccccc32)cc1. The van der Waals surface area contributed by atoms with E-state index >= 15 is 0 Å². The molecule has 0 bridgehead atoms. The summed E-state index contributed by atoms with van der Waals surface area (Å²) in [6, 6.07) is 16.7. The highest BCUT2D eigenvalue weighted by molar-refractivity contribution is 5.81. The molecule has 2 heteroatoms. The van der Waals surface area contributed by atoms with Gasteiger partial charge in [0.05, 0.1) is 11.9 Å². The lowest BCUT2D eigenvalue weighted by atomic mass is 10.1. The van der Waals surface area contributed by atoms with E-state index in [9.17, 15) is 0 Å². The van der Waals surface area contributed by atoms with E-state index in [4.69, 9.17) is 0 Å². The van der Waals surface area contributed by atoms with Crippen molar-refractivity contribution in [1.82, 2.24) is 0 Å². The molecule has 0 N–H and O–H groups in total. The number of anilines is 1. The monoisotopic (exact) mass is 248 g/mol. The summed E-state index contributed by atoms with van der Waals surface area (Å²) in [6.45, 7) is 4.71. The Bertz CT molecular complexity index is 611. The van der Waals surface area contributed by atoms with Crippen LogP contribution in [0.3, 0.4) is 0 Å². The molecule has 0 fully saturated rings. The first kappa shape index (κ1) is 11.7.